The minimum absolute atomic E-state index is 0.127. The van der Waals surface area contributed by atoms with Crippen LogP contribution in [0.5, 0.6) is 0 Å². The number of ketones is 1. The monoisotopic (exact) mass is 282 g/mol. The number of Topliss-reactive ketones (excluding diaryl/α,β-unsaturated/α-hetero) is 1. The van der Waals surface area contributed by atoms with Crippen LogP contribution in [0.25, 0.3) is 0 Å². The van der Waals surface area contributed by atoms with E-state index in [-0.39, 0.29) is 18.1 Å². The third-order valence-electron chi connectivity index (χ3n) is 5.19. The molecule has 112 valence electrons. The lowest BCUT2D eigenvalue weighted by Gasteiger charge is -2.43. The first-order valence-corrected chi connectivity index (χ1v) is 7.08. The summed E-state index contributed by atoms with van der Waals surface area (Å²) in [6.07, 6.45) is 1.05. The molecule has 0 bridgehead atoms. The van der Waals surface area contributed by atoms with E-state index in [4.69, 9.17) is 9.47 Å². The first kappa shape index (κ1) is 14.2. The minimum Gasteiger partial charge on any atom is -0.392 e. The van der Waals surface area contributed by atoms with Crippen molar-refractivity contribution in [3.05, 3.63) is 11.6 Å². The Morgan fingerprint density at radius 2 is 2.15 bits per heavy atom. The van der Waals surface area contributed by atoms with Crippen molar-refractivity contribution < 1.29 is 24.5 Å². The highest BCUT2D eigenvalue weighted by Gasteiger charge is 2.85. The molecule has 3 aliphatic rings. The molecule has 2 N–H and O–H groups in total. The van der Waals surface area contributed by atoms with E-state index >= 15 is 0 Å². The number of aliphatic hydroxyl groups is 2. The second-order valence-electron chi connectivity index (χ2n) is 6.80. The lowest BCUT2D eigenvalue weighted by Crippen LogP contribution is -2.58. The smallest absolute Gasteiger partial charge is 0.242 e. The van der Waals surface area contributed by atoms with Crippen LogP contribution in [0.2, 0.25) is 0 Å². The largest absolute Gasteiger partial charge is 0.392 e. The van der Waals surface area contributed by atoms with Gasteiger partial charge in [-0.2, -0.15) is 0 Å². The number of carbonyl (C=O) groups is 1. The van der Waals surface area contributed by atoms with Crippen LogP contribution in [0.1, 0.15) is 33.6 Å². The van der Waals surface area contributed by atoms with Crippen LogP contribution in [0, 0.1) is 11.3 Å². The fourth-order valence-electron chi connectivity index (χ4n) is 4.34. The Balaban J connectivity index is 2.09. The van der Waals surface area contributed by atoms with Gasteiger partial charge in [0.25, 0.3) is 0 Å². The zero-order valence-corrected chi connectivity index (χ0v) is 12.3. The molecular weight excluding hydrogens is 260 g/mol. The molecule has 2 saturated carbocycles. The van der Waals surface area contributed by atoms with Gasteiger partial charge in [0, 0.05) is 25.0 Å². The van der Waals surface area contributed by atoms with Crippen LogP contribution < -0.4 is 0 Å². The maximum atomic E-state index is 12.8. The minimum atomic E-state index is -1.40. The quantitative estimate of drug-likeness (QED) is 0.732. The molecule has 1 saturated heterocycles. The maximum absolute atomic E-state index is 12.8. The van der Waals surface area contributed by atoms with Gasteiger partial charge in [0.1, 0.15) is 0 Å². The average molecular weight is 282 g/mol. The van der Waals surface area contributed by atoms with Crippen LogP contribution in [-0.4, -0.2) is 46.7 Å². The van der Waals surface area contributed by atoms with Crippen molar-refractivity contribution in [2.24, 2.45) is 11.3 Å². The Bertz CT molecular complexity index is 494. The molecule has 5 nitrogen and oxygen atoms in total. The molecule has 1 aliphatic heterocycles. The molecule has 5 heteroatoms. The van der Waals surface area contributed by atoms with Gasteiger partial charge < -0.3 is 19.7 Å². The molecule has 0 radical (unpaired) electrons. The molecule has 1 spiro atoms. The topological polar surface area (TPSA) is 76.0 Å². The first-order chi connectivity index (χ1) is 9.21. The molecule has 0 unspecified atom stereocenters. The van der Waals surface area contributed by atoms with Crippen molar-refractivity contribution in [1.29, 1.82) is 0 Å². The number of methoxy groups -OCH3 is 1. The summed E-state index contributed by atoms with van der Waals surface area (Å²) in [5.74, 6) is -1.53. The van der Waals surface area contributed by atoms with Gasteiger partial charge in [-0.15, -0.1) is 0 Å². The second kappa shape index (κ2) is 3.91. The van der Waals surface area contributed by atoms with E-state index in [9.17, 15) is 15.0 Å². The summed E-state index contributed by atoms with van der Waals surface area (Å²) >= 11 is 0. The van der Waals surface area contributed by atoms with Crippen molar-refractivity contribution in [2.45, 2.75) is 57.2 Å². The molecule has 0 aromatic heterocycles. The Morgan fingerprint density at radius 1 is 1.50 bits per heavy atom. The Labute approximate surface area is 118 Å². The lowest BCUT2D eigenvalue weighted by atomic mass is 9.73. The van der Waals surface area contributed by atoms with Crippen LogP contribution >= 0.6 is 0 Å². The van der Waals surface area contributed by atoms with E-state index < -0.39 is 29.0 Å². The van der Waals surface area contributed by atoms with E-state index in [1.165, 1.54) is 13.2 Å². The normalized spacial score (nSPS) is 48.9. The molecule has 1 heterocycles. The summed E-state index contributed by atoms with van der Waals surface area (Å²) in [5.41, 5.74) is -0.728. The number of rotatable bonds is 2. The zero-order chi connectivity index (χ0) is 14.9. The van der Waals surface area contributed by atoms with Crippen LogP contribution in [0.3, 0.4) is 0 Å². The van der Waals surface area contributed by atoms with Gasteiger partial charge in [-0.1, -0.05) is 0 Å². The van der Waals surface area contributed by atoms with Crippen LogP contribution in [0.15, 0.2) is 11.6 Å². The predicted molar refractivity (Wildman–Crippen MR) is 70.8 cm³/mol. The summed E-state index contributed by atoms with van der Waals surface area (Å²) in [6, 6.07) is 0. The summed E-state index contributed by atoms with van der Waals surface area (Å²) in [5, 5.41) is 20.1. The van der Waals surface area contributed by atoms with E-state index in [1.54, 1.807) is 6.92 Å². The Kier molecular flexibility index (Phi) is 2.78. The number of aliphatic hydroxyl groups excluding tert-OH is 2. The van der Waals surface area contributed by atoms with Crippen molar-refractivity contribution in [3.63, 3.8) is 0 Å². The van der Waals surface area contributed by atoms with Gasteiger partial charge in [0.2, 0.25) is 11.6 Å². The first-order valence-electron chi connectivity index (χ1n) is 7.08. The van der Waals surface area contributed by atoms with Crippen molar-refractivity contribution in [1.82, 2.24) is 0 Å². The molecule has 20 heavy (non-hydrogen) atoms. The number of carbonyl (C=O) groups excluding carboxylic acids is 1. The van der Waals surface area contributed by atoms with Crippen LogP contribution in [0.4, 0.5) is 0 Å². The van der Waals surface area contributed by atoms with Gasteiger partial charge in [-0.3, -0.25) is 4.79 Å². The van der Waals surface area contributed by atoms with Gasteiger partial charge in [0.15, 0.2) is 0 Å². The Hall–Kier alpha value is -0.750. The number of hydrogen-bond acceptors (Lipinski definition) is 5. The standard InChI is InChI=1S/C15H22O5/c1-8(16)5-9-6-11(17)14-7-10(14)13(2,3)20-15(14,19-4)12(9)18/h5,8,10-11,16-17H,6-7H2,1-4H3/b9-5+/t8-,10-,11+,14+,15-/m1/s1. The maximum Gasteiger partial charge on any atom is 0.242 e. The fourth-order valence-corrected chi connectivity index (χ4v) is 4.34. The van der Waals surface area contributed by atoms with Gasteiger partial charge >= 0.3 is 0 Å². The lowest BCUT2D eigenvalue weighted by molar-refractivity contribution is -0.267. The molecular formula is C15H22O5. The molecule has 3 fully saturated rings. The number of ether oxygens (including phenoxy) is 2. The van der Waals surface area contributed by atoms with Gasteiger partial charge in [-0.25, -0.2) is 0 Å². The molecule has 5 atom stereocenters. The summed E-state index contributed by atoms with van der Waals surface area (Å²) in [4.78, 5) is 12.8. The number of hydrogen-bond donors (Lipinski definition) is 2. The highest BCUT2D eigenvalue weighted by atomic mass is 16.7. The zero-order valence-electron chi connectivity index (χ0n) is 12.3. The third kappa shape index (κ3) is 1.44. The average Bonchev–Trinajstić information content (AvgIpc) is 3.06. The van der Waals surface area contributed by atoms with Crippen molar-refractivity contribution >= 4 is 5.78 Å². The second-order valence-corrected chi connectivity index (χ2v) is 6.80. The predicted octanol–water partition coefficient (Wildman–Crippen LogP) is 0.785. The van der Waals surface area contributed by atoms with Crippen molar-refractivity contribution in [3.8, 4) is 0 Å². The fraction of sp³-hybridized carbons (Fsp3) is 0.800. The summed E-state index contributed by atoms with van der Waals surface area (Å²) < 4.78 is 11.5. The molecule has 0 aromatic rings. The summed E-state index contributed by atoms with van der Waals surface area (Å²) in [7, 11) is 1.45. The van der Waals surface area contributed by atoms with E-state index in [2.05, 4.69) is 0 Å². The molecule has 3 rings (SSSR count). The van der Waals surface area contributed by atoms with Crippen molar-refractivity contribution in [2.75, 3.05) is 7.11 Å². The van der Waals surface area contributed by atoms with Gasteiger partial charge in [0.05, 0.1) is 23.2 Å². The van der Waals surface area contributed by atoms with Crippen LogP contribution in [-0.2, 0) is 14.3 Å². The SMILES string of the molecule is CO[C@]12OC(C)(C)[C@H]3C[C@@]31[C@@H](O)C/C(=C\[C@@H](C)O)C2=O. The van der Waals surface area contributed by atoms with E-state index in [0.29, 0.717) is 5.57 Å². The molecule has 0 amide bonds. The molecule has 2 aliphatic carbocycles. The van der Waals surface area contributed by atoms with E-state index in [1.807, 2.05) is 13.8 Å². The highest BCUT2D eigenvalue weighted by molar-refractivity contribution is 6.03. The third-order valence-corrected chi connectivity index (χ3v) is 5.19. The molecule has 0 aromatic carbocycles. The van der Waals surface area contributed by atoms with Gasteiger partial charge in [-0.05, 0) is 33.3 Å². The summed E-state index contributed by atoms with van der Waals surface area (Å²) in [6.45, 7) is 5.45. The Morgan fingerprint density at radius 3 is 2.65 bits per heavy atom. The van der Waals surface area contributed by atoms with E-state index in [0.717, 1.165) is 6.42 Å². The highest BCUT2D eigenvalue weighted by Crippen LogP contribution is 2.76.